The number of carbonyl (C=O) groups is 2. The van der Waals surface area contributed by atoms with Crippen LogP contribution in [0.5, 0.6) is 23.0 Å². The number of nitrogens with one attached hydrogen (secondary N) is 2. The molecule has 3 aromatic carbocycles. The van der Waals surface area contributed by atoms with Crippen molar-refractivity contribution in [1.82, 2.24) is 5.43 Å². The maximum Gasteiger partial charge on any atom is 0.271 e. The second kappa shape index (κ2) is 14.0. The van der Waals surface area contributed by atoms with Crippen LogP contribution >= 0.6 is 22.6 Å². The monoisotopic (exact) mass is 629 g/mol. The van der Waals surface area contributed by atoms with Crippen LogP contribution in [0.4, 0.5) is 5.69 Å². The van der Waals surface area contributed by atoms with E-state index in [1.807, 2.05) is 31.2 Å². The molecule has 0 unspecified atom stereocenters. The fraction of sp³-hybridized carbons (Fsp3) is 0.179. The summed E-state index contributed by atoms with van der Waals surface area (Å²) in [5.74, 6) is 1.06. The second-order valence-corrected chi connectivity index (χ2v) is 9.06. The highest BCUT2D eigenvalue weighted by Crippen LogP contribution is 2.33. The molecule has 0 aliphatic heterocycles. The van der Waals surface area contributed by atoms with Crippen molar-refractivity contribution >= 4 is 46.3 Å². The summed E-state index contributed by atoms with van der Waals surface area (Å²) >= 11 is 2.09. The predicted octanol–water partition coefficient (Wildman–Crippen LogP) is 4.96. The Hall–Kier alpha value is -4.06. The normalized spacial score (nSPS) is 10.5. The van der Waals surface area contributed by atoms with Crippen LogP contribution in [0, 0.1) is 10.5 Å². The summed E-state index contributed by atoms with van der Waals surface area (Å²) in [7, 11) is 3.00. The summed E-state index contributed by atoms with van der Waals surface area (Å²) in [4.78, 5) is 24.9. The Balaban J connectivity index is 1.62. The van der Waals surface area contributed by atoms with Gasteiger partial charge in [0, 0.05) is 11.3 Å². The highest BCUT2D eigenvalue weighted by molar-refractivity contribution is 14.1. The lowest BCUT2D eigenvalue weighted by molar-refractivity contribution is -0.118. The lowest BCUT2D eigenvalue weighted by Gasteiger charge is -2.13. The van der Waals surface area contributed by atoms with Gasteiger partial charge in [-0.2, -0.15) is 5.10 Å². The van der Waals surface area contributed by atoms with E-state index in [0.29, 0.717) is 50.0 Å². The molecule has 38 heavy (non-hydrogen) atoms. The minimum absolute atomic E-state index is 0.190. The number of hydrogen-bond acceptors (Lipinski definition) is 7. The molecule has 0 fully saturated rings. The maximum absolute atomic E-state index is 12.5. The highest BCUT2D eigenvalue weighted by Gasteiger charge is 2.14. The Kier molecular flexibility index (Phi) is 10.5. The molecule has 0 heterocycles. The largest absolute Gasteiger partial charge is 0.493 e. The average Bonchev–Trinajstić information content (AvgIpc) is 2.92. The molecular formula is C28H28IN3O6. The van der Waals surface area contributed by atoms with Crippen LogP contribution in [0.15, 0.2) is 72.4 Å². The maximum atomic E-state index is 12.5. The van der Waals surface area contributed by atoms with E-state index in [1.165, 1.54) is 20.4 Å². The van der Waals surface area contributed by atoms with Crippen LogP contribution in [0.1, 0.15) is 21.5 Å². The van der Waals surface area contributed by atoms with Gasteiger partial charge in [-0.05, 0) is 77.5 Å². The third-order valence-corrected chi connectivity index (χ3v) is 5.90. The number of hydrogen-bond donors (Lipinski definition) is 2. The van der Waals surface area contributed by atoms with Crippen molar-refractivity contribution in [1.29, 1.82) is 0 Å². The third kappa shape index (κ3) is 7.97. The topological polar surface area (TPSA) is 107 Å². The van der Waals surface area contributed by atoms with Crippen molar-refractivity contribution in [2.45, 2.75) is 6.92 Å². The van der Waals surface area contributed by atoms with Gasteiger partial charge in [0.25, 0.3) is 11.8 Å². The molecule has 198 valence electrons. The lowest BCUT2D eigenvalue weighted by atomic mass is 10.2. The zero-order valence-corrected chi connectivity index (χ0v) is 23.4. The summed E-state index contributed by atoms with van der Waals surface area (Å²) in [6.45, 7) is 5.72. The van der Waals surface area contributed by atoms with E-state index in [9.17, 15) is 9.59 Å². The standard InChI is InChI=1S/C28H28IN3O6/c1-5-12-37-23-11-8-20(15-24(23)35-3)28(34)32-30-16-19-13-22(29)27(25(14-19)36-4)38-17-26(33)31-21-9-6-18(2)7-10-21/h5-11,13-16H,1,12,17H2,2-4H3,(H,31,33)(H,32,34)/b30-16+. The Morgan fingerprint density at radius 3 is 2.39 bits per heavy atom. The van der Waals surface area contributed by atoms with Crippen molar-refractivity contribution in [3.05, 3.63) is 87.5 Å². The van der Waals surface area contributed by atoms with Gasteiger partial charge >= 0.3 is 0 Å². The first kappa shape index (κ1) is 28.5. The molecule has 0 aromatic heterocycles. The lowest BCUT2D eigenvalue weighted by Crippen LogP contribution is -2.20. The Morgan fingerprint density at radius 2 is 1.71 bits per heavy atom. The van der Waals surface area contributed by atoms with Gasteiger partial charge < -0.3 is 24.3 Å². The van der Waals surface area contributed by atoms with Gasteiger partial charge in [0.1, 0.15) is 6.61 Å². The molecule has 0 radical (unpaired) electrons. The molecule has 3 aromatic rings. The predicted molar refractivity (Wildman–Crippen MR) is 155 cm³/mol. The average molecular weight is 629 g/mol. The third-order valence-electron chi connectivity index (χ3n) is 5.10. The molecule has 0 aliphatic carbocycles. The van der Waals surface area contributed by atoms with E-state index < -0.39 is 5.91 Å². The van der Waals surface area contributed by atoms with Crippen molar-refractivity contribution in [3.63, 3.8) is 0 Å². The smallest absolute Gasteiger partial charge is 0.271 e. The van der Waals surface area contributed by atoms with Crippen LogP contribution in [0.3, 0.4) is 0 Å². The number of rotatable bonds is 12. The molecule has 0 bridgehead atoms. The number of carbonyl (C=O) groups excluding carboxylic acids is 2. The van der Waals surface area contributed by atoms with Gasteiger partial charge in [0.2, 0.25) is 0 Å². The zero-order valence-electron chi connectivity index (χ0n) is 21.2. The van der Waals surface area contributed by atoms with Crippen molar-refractivity contribution in [2.24, 2.45) is 5.10 Å². The highest BCUT2D eigenvalue weighted by atomic mass is 127. The van der Waals surface area contributed by atoms with E-state index in [2.05, 4.69) is 45.0 Å². The first-order chi connectivity index (χ1) is 18.3. The number of halogens is 1. The van der Waals surface area contributed by atoms with Crippen LogP contribution in [-0.4, -0.2) is 45.5 Å². The summed E-state index contributed by atoms with van der Waals surface area (Å²) in [6.07, 6.45) is 3.10. The molecule has 0 spiro atoms. The molecule has 0 atom stereocenters. The van der Waals surface area contributed by atoms with E-state index >= 15 is 0 Å². The van der Waals surface area contributed by atoms with Gasteiger partial charge in [-0.3, -0.25) is 9.59 Å². The van der Waals surface area contributed by atoms with Crippen LogP contribution in [0.2, 0.25) is 0 Å². The van der Waals surface area contributed by atoms with Crippen molar-refractivity contribution in [2.75, 3.05) is 32.8 Å². The van der Waals surface area contributed by atoms with Crippen molar-refractivity contribution in [3.8, 4) is 23.0 Å². The fourth-order valence-corrected chi connectivity index (χ4v) is 4.01. The van der Waals surface area contributed by atoms with Crippen molar-refractivity contribution < 1.29 is 28.5 Å². The summed E-state index contributed by atoms with van der Waals surface area (Å²) in [5, 5.41) is 6.84. The number of amides is 2. The number of nitrogens with zero attached hydrogens (tertiary/aromatic N) is 1. The van der Waals surface area contributed by atoms with E-state index in [1.54, 1.807) is 36.4 Å². The molecule has 3 rings (SSSR count). The number of anilines is 1. The number of methoxy groups -OCH3 is 2. The first-order valence-electron chi connectivity index (χ1n) is 11.5. The fourth-order valence-electron chi connectivity index (χ4n) is 3.23. The van der Waals surface area contributed by atoms with E-state index in [4.69, 9.17) is 18.9 Å². The second-order valence-electron chi connectivity index (χ2n) is 7.90. The van der Waals surface area contributed by atoms with E-state index in [-0.39, 0.29) is 12.5 Å². The number of aryl methyl sites for hydroxylation is 1. The quantitative estimate of drug-likeness (QED) is 0.127. The minimum atomic E-state index is -0.420. The summed E-state index contributed by atoms with van der Waals surface area (Å²) in [5.41, 5.74) is 5.29. The molecule has 0 saturated heterocycles. The Labute approximate surface area is 235 Å². The number of ether oxygens (including phenoxy) is 4. The molecule has 2 N–H and O–H groups in total. The van der Waals surface area contributed by atoms with E-state index in [0.717, 1.165) is 5.56 Å². The van der Waals surface area contributed by atoms with Gasteiger partial charge in [0.05, 0.1) is 24.0 Å². The molecule has 9 nitrogen and oxygen atoms in total. The van der Waals surface area contributed by atoms with Gasteiger partial charge in [-0.15, -0.1) is 0 Å². The zero-order chi connectivity index (χ0) is 27.5. The first-order valence-corrected chi connectivity index (χ1v) is 12.5. The molecular weight excluding hydrogens is 601 g/mol. The molecule has 0 saturated carbocycles. The van der Waals surface area contributed by atoms with Gasteiger partial charge in [-0.1, -0.05) is 30.4 Å². The van der Waals surface area contributed by atoms with Gasteiger partial charge in [0.15, 0.2) is 29.6 Å². The minimum Gasteiger partial charge on any atom is -0.493 e. The number of benzene rings is 3. The number of hydrazone groups is 1. The van der Waals surface area contributed by atoms with Crippen LogP contribution < -0.4 is 29.7 Å². The molecule has 10 heteroatoms. The summed E-state index contributed by atoms with van der Waals surface area (Å²) < 4.78 is 22.7. The van der Waals surface area contributed by atoms with Crippen LogP contribution in [0.25, 0.3) is 0 Å². The van der Waals surface area contributed by atoms with Gasteiger partial charge in [-0.25, -0.2) is 5.43 Å². The molecule has 0 aliphatic rings. The molecule has 2 amide bonds. The summed E-state index contributed by atoms with van der Waals surface area (Å²) in [6, 6.07) is 15.8. The van der Waals surface area contributed by atoms with Crippen LogP contribution in [-0.2, 0) is 4.79 Å². The Bertz CT molecular complexity index is 1320. The Morgan fingerprint density at radius 1 is 0.974 bits per heavy atom. The SMILES string of the molecule is C=CCOc1ccc(C(=O)N/N=C/c2cc(I)c(OCC(=O)Nc3ccc(C)cc3)c(OC)c2)cc1OC.